The molecule has 4 heterocycles. The molecule has 2 aliphatic heterocycles. The van der Waals surface area contributed by atoms with E-state index in [0.717, 1.165) is 29.7 Å². The number of sulfonamides is 1. The van der Waals surface area contributed by atoms with Gasteiger partial charge in [0.1, 0.15) is 4.21 Å². The average molecular weight is 456 g/mol. The highest BCUT2D eigenvalue weighted by molar-refractivity contribution is 7.91. The fraction of sp³-hybridized carbons (Fsp3) is 0.348. The molecular formula is C23H25N3O3S2. The first kappa shape index (κ1) is 20.5. The second kappa shape index (κ2) is 8.26. The van der Waals surface area contributed by atoms with E-state index in [-0.39, 0.29) is 12.3 Å². The van der Waals surface area contributed by atoms with Crippen molar-refractivity contribution in [3.05, 3.63) is 59.1 Å². The van der Waals surface area contributed by atoms with Gasteiger partial charge in [0.15, 0.2) is 0 Å². The van der Waals surface area contributed by atoms with Crippen molar-refractivity contribution >= 4 is 43.7 Å². The number of hydrogen-bond acceptors (Lipinski definition) is 4. The number of para-hydroxylation sites is 1. The van der Waals surface area contributed by atoms with Gasteiger partial charge >= 0.3 is 0 Å². The fourth-order valence-electron chi connectivity index (χ4n) is 4.39. The maximum absolute atomic E-state index is 12.8. The molecule has 1 amide bonds. The van der Waals surface area contributed by atoms with E-state index < -0.39 is 10.0 Å². The van der Waals surface area contributed by atoms with Crippen LogP contribution in [0.1, 0.15) is 29.7 Å². The Bertz CT molecular complexity index is 1250. The summed E-state index contributed by atoms with van der Waals surface area (Å²) in [5.74, 6) is 0.0428. The van der Waals surface area contributed by atoms with E-state index in [1.807, 2.05) is 23.2 Å². The van der Waals surface area contributed by atoms with E-state index in [1.165, 1.54) is 27.9 Å². The maximum Gasteiger partial charge on any atom is 0.252 e. The number of rotatable bonds is 5. The minimum atomic E-state index is -3.41. The molecule has 1 saturated heterocycles. The first-order valence-electron chi connectivity index (χ1n) is 10.6. The van der Waals surface area contributed by atoms with Crippen LogP contribution >= 0.6 is 11.3 Å². The number of amides is 1. The Kier molecular flexibility index (Phi) is 5.45. The molecule has 0 atom stereocenters. The smallest absolute Gasteiger partial charge is 0.252 e. The van der Waals surface area contributed by atoms with Gasteiger partial charge in [0.05, 0.1) is 6.42 Å². The predicted octanol–water partition coefficient (Wildman–Crippen LogP) is 3.87. The highest BCUT2D eigenvalue weighted by atomic mass is 32.2. The topological polar surface area (TPSA) is 73.5 Å². The summed E-state index contributed by atoms with van der Waals surface area (Å²) in [7, 11) is -3.41. The lowest BCUT2D eigenvalue weighted by molar-refractivity contribution is -0.130. The van der Waals surface area contributed by atoms with Crippen LogP contribution in [0.5, 0.6) is 0 Å². The zero-order chi connectivity index (χ0) is 21.4. The normalized spacial score (nSPS) is 17.9. The lowest BCUT2D eigenvalue weighted by atomic mass is 9.99. The molecule has 31 heavy (non-hydrogen) atoms. The molecule has 0 bridgehead atoms. The van der Waals surface area contributed by atoms with E-state index in [0.29, 0.717) is 30.4 Å². The highest BCUT2D eigenvalue weighted by Gasteiger charge is 2.29. The van der Waals surface area contributed by atoms with Gasteiger partial charge in [0.25, 0.3) is 10.0 Å². The number of aromatic nitrogens is 1. The van der Waals surface area contributed by atoms with Gasteiger partial charge in [-0.25, -0.2) is 8.42 Å². The highest BCUT2D eigenvalue weighted by Crippen LogP contribution is 2.30. The van der Waals surface area contributed by atoms with E-state index in [1.54, 1.807) is 16.4 Å². The Morgan fingerprint density at radius 2 is 1.87 bits per heavy atom. The summed E-state index contributed by atoms with van der Waals surface area (Å²) < 4.78 is 27.3. The Morgan fingerprint density at radius 3 is 2.65 bits per heavy atom. The summed E-state index contributed by atoms with van der Waals surface area (Å²) >= 11 is 1.22. The lowest BCUT2D eigenvalue weighted by Gasteiger charge is -2.26. The third-order valence-corrected chi connectivity index (χ3v) is 9.57. The van der Waals surface area contributed by atoms with Crippen molar-refractivity contribution in [3.8, 4) is 0 Å². The Labute approximate surface area is 186 Å². The van der Waals surface area contributed by atoms with Crippen molar-refractivity contribution in [1.82, 2.24) is 14.2 Å². The number of hydrogen-bond donors (Lipinski definition) is 1. The maximum atomic E-state index is 12.8. The standard InChI is InChI=1S/C23H25N3O3S2/c27-22(15-18-7-8-23(30-18)31(28,29)26-11-3-4-12-26)25-13-9-17(10-14-25)20-16-24-21-6-2-1-5-19(20)21/h1-2,5-9,16,24H,3-4,10-15H2. The first-order chi connectivity index (χ1) is 15.0. The molecule has 0 saturated carbocycles. The van der Waals surface area contributed by atoms with Crippen LogP contribution in [-0.4, -0.2) is 54.7 Å². The number of benzene rings is 1. The summed E-state index contributed by atoms with van der Waals surface area (Å²) in [6.07, 6.45) is 7.07. The number of carbonyl (C=O) groups is 1. The third kappa shape index (κ3) is 3.95. The predicted molar refractivity (Wildman–Crippen MR) is 123 cm³/mol. The van der Waals surface area contributed by atoms with Crippen molar-refractivity contribution in [1.29, 1.82) is 0 Å². The molecule has 8 heteroatoms. The van der Waals surface area contributed by atoms with Gasteiger partial charge < -0.3 is 9.88 Å². The lowest BCUT2D eigenvalue weighted by Crippen LogP contribution is -2.35. The molecule has 6 nitrogen and oxygen atoms in total. The van der Waals surface area contributed by atoms with Crippen molar-refractivity contribution in [2.45, 2.75) is 29.9 Å². The molecule has 5 rings (SSSR count). The third-order valence-electron chi connectivity index (χ3n) is 6.12. The van der Waals surface area contributed by atoms with Crippen LogP contribution in [-0.2, 0) is 21.2 Å². The van der Waals surface area contributed by atoms with Crippen LogP contribution < -0.4 is 0 Å². The minimum absolute atomic E-state index is 0.0428. The number of thiophene rings is 1. The molecule has 0 aliphatic carbocycles. The molecule has 1 N–H and O–H groups in total. The first-order valence-corrected chi connectivity index (χ1v) is 12.9. The minimum Gasteiger partial charge on any atom is -0.361 e. The van der Waals surface area contributed by atoms with Crippen molar-refractivity contribution in [3.63, 3.8) is 0 Å². The van der Waals surface area contributed by atoms with Crippen LogP contribution in [0.15, 0.2) is 52.9 Å². The van der Waals surface area contributed by atoms with Gasteiger partial charge in [-0.05, 0) is 43.0 Å². The van der Waals surface area contributed by atoms with Crippen LogP contribution in [0, 0.1) is 0 Å². The number of nitrogens with zero attached hydrogens (tertiary/aromatic N) is 2. The van der Waals surface area contributed by atoms with Gasteiger partial charge in [-0.15, -0.1) is 11.3 Å². The van der Waals surface area contributed by atoms with Crippen molar-refractivity contribution < 1.29 is 13.2 Å². The molecule has 1 fully saturated rings. The number of nitrogens with one attached hydrogen (secondary N) is 1. The van der Waals surface area contributed by atoms with Crippen LogP contribution in [0.2, 0.25) is 0 Å². The van der Waals surface area contributed by atoms with E-state index >= 15 is 0 Å². The van der Waals surface area contributed by atoms with Crippen molar-refractivity contribution in [2.75, 3.05) is 26.2 Å². The zero-order valence-electron chi connectivity index (χ0n) is 17.2. The summed E-state index contributed by atoms with van der Waals surface area (Å²) in [5, 5.41) is 1.21. The Hall–Kier alpha value is -2.42. The quantitative estimate of drug-likeness (QED) is 0.635. The van der Waals surface area contributed by atoms with Gasteiger partial charge in [-0.3, -0.25) is 4.79 Å². The van der Waals surface area contributed by atoms with Crippen LogP contribution in [0.4, 0.5) is 0 Å². The van der Waals surface area contributed by atoms with E-state index in [9.17, 15) is 13.2 Å². The molecule has 0 unspecified atom stereocenters. The van der Waals surface area contributed by atoms with Gasteiger partial charge in [0.2, 0.25) is 5.91 Å². The van der Waals surface area contributed by atoms with Crippen LogP contribution in [0.25, 0.3) is 16.5 Å². The number of fused-ring (bicyclic) bond motifs is 1. The van der Waals surface area contributed by atoms with Crippen LogP contribution in [0.3, 0.4) is 0 Å². The molecule has 162 valence electrons. The monoisotopic (exact) mass is 455 g/mol. The second-order valence-electron chi connectivity index (χ2n) is 8.08. The van der Waals surface area contributed by atoms with Gasteiger partial charge in [-0.2, -0.15) is 4.31 Å². The Balaban J connectivity index is 1.25. The molecule has 0 spiro atoms. The Morgan fingerprint density at radius 1 is 1.06 bits per heavy atom. The number of H-pyrrole nitrogens is 1. The SMILES string of the molecule is O=C(Cc1ccc(S(=O)(=O)N2CCCC2)s1)N1CC=C(c2c[nH]c3ccccc23)CC1. The molecule has 2 aliphatic rings. The average Bonchev–Trinajstić information content (AvgIpc) is 3.54. The molecular weight excluding hydrogens is 430 g/mol. The molecule has 0 radical (unpaired) electrons. The van der Waals surface area contributed by atoms with Gasteiger partial charge in [-0.1, -0.05) is 24.3 Å². The molecule has 2 aromatic heterocycles. The van der Waals surface area contributed by atoms with Crippen molar-refractivity contribution in [2.24, 2.45) is 0 Å². The zero-order valence-corrected chi connectivity index (χ0v) is 18.8. The summed E-state index contributed by atoms with van der Waals surface area (Å²) in [6.45, 7) is 2.44. The summed E-state index contributed by atoms with van der Waals surface area (Å²) in [5.41, 5.74) is 3.59. The van der Waals surface area contributed by atoms with E-state index in [2.05, 4.69) is 23.2 Å². The molecule has 1 aromatic carbocycles. The largest absolute Gasteiger partial charge is 0.361 e. The van der Waals surface area contributed by atoms with E-state index in [4.69, 9.17) is 0 Å². The summed E-state index contributed by atoms with van der Waals surface area (Å²) in [6, 6.07) is 11.7. The summed E-state index contributed by atoms with van der Waals surface area (Å²) in [4.78, 5) is 18.8. The fourth-order valence-corrected chi connectivity index (χ4v) is 7.40. The van der Waals surface area contributed by atoms with Gasteiger partial charge in [0, 0.05) is 53.7 Å². The molecule has 3 aromatic rings. The number of aromatic amines is 1. The second-order valence-corrected chi connectivity index (χ2v) is 11.4. The number of carbonyl (C=O) groups excluding carboxylic acids is 1.